The highest BCUT2D eigenvalue weighted by Gasteiger charge is 2.36. The van der Waals surface area contributed by atoms with Crippen LogP contribution in [0.25, 0.3) is 0 Å². The van der Waals surface area contributed by atoms with Crippen LogP contribution in [0.2, 0.25) is 0 Å². The number of halogens is 1. The standard InChI is InChI=1S/C6H8ClNO2S/c7-6(11(8,9)10)4-2-1-3-5-6/h1-4H,5H2,(H2,8,9,10). The fraction of sp³-hybridized carbons (Fsp3) is 0.333. The predicted molar refractivity (Wildman–Crippen MR) is 44.6 cm³/mol. The first-order chi connectivity index (χ1) is 4.96. The van der Waals surface area contributed by atoms with Crippen molar-refractivity contribution in [3.05, 3.63) is 24.3 Å². The Balaban J connectivity index is 3.04. The fourth-order valence-electron chi connectivity index (χ4n) is 0.786. The molecule has 0 spiro atoms. The predicted octanol–water partition coefficient (Wildman–Crippen LogP) is 0.726. The summed E-state index contributed by atoms with van der Waals surface area (Å²) in [5.74, 6) is 0. The normalized spacial score (nSPS) is 30.7. The Hall–Kier alpha value is -0.320. The van der Waals surface area contributed by atoms with Crippen LogP contribution in [0.5, 0.6) is 0 Å². The molecule has 5 heteroatoms. The molecule has 11 heavy (non-hydrogen) atoms. The van der Waals surface area contributed by atoms with Gasteiger partial charge >= 0.3 is 0 Å². The van der Waals surface area contributed by atoms with Gasteiger partial charge in [0.2, 0.25) is 10.0 Å². The molecule has 1 unspecified atom stereocenters. The van der Waals surface area contributed by atoms with E-state index in [1.807, 2.05) is 0 Å². The van der Waals surface area contributed by atoms with Crippen molar-refractivity contribution in [3.63, 3.8) is 0 Å². The average molecular weight is 194 g/mol. The molecule has 0 aliphatic heterocycles. The number of rotatable bonds is 1. The third-order valence-corrected chi connectivity index (χ3v) is 3.64. The van der Waals surface area contributed by atoms with Gasteiger partial charge in [-0.15, -0.1) is 0 Å². The lowest BCUT2D eigenvalue weighted by atomic mass is 10.2. The van der Waals surface area contributed by atoms with Crippen LogP contribution in [0, 0.1) is 0 Å². The van der Waals surface area contributed by atoms with E-state index in [1.165, 1.54) is 6.08 Å². The zero-order valence-corrected chi connectivity index (χ0v) is 7.27. The molecule has 0 aromatic carbocycles. The maximum absolute atomic E-state index is 10.9. The maximum Gasteiger partial charge on any atom is 0.232 e. The first kappa shape index (κ1) is 8.77. The van der Waals surface area contributed by atoms with E-state index in [9.17, 15) is 8.42 Å². The first-order valence-corrected chi connectivity index (χ1v) is 4.94. The fourth-order valence-corrected chi connectivity index (χ4v) is 1.54. The Kier molecular flexibility index (Phi) is 2.09. The number of primary sulfonamides is 1. The lowest BCUT2D eigenvalue weighted by Gasteiger charge is -2.20. The Morgan fingerprint density at radius 1 is 1.45 bits per heavy atom. The van der Waals surface area contributed by atoms with Gasteiger partial charge in [0.15, 0.2) is 4.21 Å². The molecule has 0 radical (unpaired) electrons. The van der Waals surface area contributed by atoms with Crippen LogP contribution >= 0.6 is 11.6 Å². The zero-order valence-electron chi connectivity index (χ0n) is 5.70. The van der Waals surface area contributed by atoms with Crippen LogP contribution in [0.15, 0.2) is 24.3 Å². The molecule has 0 fully saturated rings. The number of hydrogen-bond donors (Lipinski definition) is 1. The summed E-state index contributed by atoms with van der Waals surface area (Å²) in [5, 5.41) is 4.90. The van der Waals surface area contributed by atoms with Crippen LogP contribution in [0.1, 0.15) is 6.42 Å². The molecule has 0 heterocycles. The van der Waals surface area contributed by atoms with Crippen molar-refractivity contribution in [1.82, 2.24) is 0 Å². The van der Waals surface area contributed by atoms with Crippen LogP contribution in [0.3, 0.4) is 0 Å². The minimum atomic E-state index is -3.70. The van der Waals surface area contributed by atoms with Crippen molar-refractivity contribution in [1.29, 1.82) is 0 Å². The molecule has 3 nitrogen and oxygen atoms in total. The quantitative estimate of drug-likeness (QED) is 0.624. The van der Waals surface area contributed by atoms with Crippen LogP contribution in [-0.4, -0.2) is 12.6 Å². The summed E-state index contributed by atoms with van der Waals surface area (Å²) in [6.07, 6.45) is 6.57. The largest absolute Gasteiger partial charge is 0.232 e. The summed E-state index contributed by atoms with van der Waals surface area (Å²) < 4.78 is 20.3. The van der Waals surface area contributed by atoms with Crippen LogP contribution < -0.4 is 5.14 Å². The lowest BCUT2D eigenvalue weighted by Crippen LogP contribution is -2.36. The summed E-state index contributed by atoms with van der Waals surface area (Å²) in [5.41, 5.74) is 0. The molecule has 0 saturated carbocycles. The second-order valence-corrected chi connectivity index (χ2v) is 5.04. The zero-order chi connectivity index (χ0) is 8.54. The molecule has 0 aromatic rings. The van der Waals surface area contributed by atoms with Crippen molar-refractivity contribution in [2.24, 2.45) is 5.14 Å². The highest BCUT2D eigenvalue weighted by molar-refractivity contribution is 7.92. The topological polar surface area (TPSA) is 60.2 Å². The van der Waals surface area contributed by atoms with Gasteiger partial charge in [0.25, 0.3) is 0 Å². The second kappa shape index (κ2) is 2.62. The molecule has 2 N–H and O–H groups in total. The summed E-state index contributed by atoms with van der Waals surface area (Å²) >= 11 is 5.70. The van der Waals surface area contributed by atoms with Crippen molar-refractivity contribution >= 4 is 21.6 Å². The first-order valence-electron chi connectivity index (χ1n) is 3.01. The Morgan fingerprint density at radius 2 is 2.09 bits per heavy atom. The molecule has 0 bridgehead atoms. The van der Waals surface area contributed by atoms with E-state index in [2.05, 4.69) is 0 Å². The van der Waals surface area contributed by atoms with E-state index in [1.54, 1.807) is 18.2 Å². The van der Waals surface area contributed by atoms with Gasteiger partial charge in [-0.2, -0.15) is 0 Å². The van der Waals surface area contributed by atoms with Crippen molar-refractivity contribution < 1.29 is 8.42 Å². The molecular weight excluding hydrogens is 186 g/mol. The number of hydrogen-bond acceptors (Lipinski definition) is 2. The van der Waals surface area contributed by atoms with E-state index in [0.29, 0.717) is 0 Å². The van der Waals surface area contributed by atoms with Crippen LogP contribution in [-0.2, 0) is 10.0 Å². The summed E-state index contributed by atoms with van der Waals surface area (Å²) in [6.45, 7) is 0. The Morgan fingerprint density at radius 3 is 2.36 bits per heavy atom. The number of alkyl halides is 1. The Labute approximate surface area is 70.6 Å². The van der Waals surface area contributed by atoms with Gasteiger partial charge < -0.3 is 0 Å². The SMILES string of the molecule is NS(=O)(=O)C1(Cl)C=CC=CC1. The van der Waals surface area contributed by atoms with Crippen molar-refractivity contribution in [2.45, 2.75) is 10.6 Å². The molecule has 0 aromatic heterocycles. The maximum atomic E-state index is 10.9. The van der Waals surface area contributed by atoms with Crippen molar-refractivity contribution in [2.75, 3.05) is 0 Å². The summed E-state index contributed by atoms with van der Waals surface area (Å²) in [6, 6.07) is 0. The van der Waals surface area contributed by atoms with E-state index in [0.717, 1.165) is 0 Å². The van der Waals surface area contributed by atoms with Gasteiger partial charge in [-0.1, -0.05) is 29.8 Å². The third kappa shape index (κ3) is 1.64. The highest BCUT2D eigenvalue weighted by atomic mass is 35.5. The van der Waals surface area contributed by atoms with Gasteiger partial charge in [0.1, 0.15) is 0 Å². The van der Waals surface area contributed by atoms with E-state index < -0.39 is 14.2 Å². The average Bonchev–Trinajstić information content (AvgIpc) is 1.87. The lowest BCUT2D eigenvalue weighted by molar-refractivity contribution is 0.584. The van der Waals surface area contributed by atoms with Crippen LogP contribution in [0.4, 0.5) is 0 Å². The third-order valence-electron chi connectivity index (χ3n) is 1.46. The summed E-state index contributed by atoms with van der Waals surface area (Å²) in [7, 11) is -3.70. The molecule has 0 saturated heterocycles. The minimum absolute atomic E-state index is 0.226. The van der Waals surface area contributed by atoms with E-state index >= 15 is 0 Å². The Bertz CT molecular complexity index is 307. The van der Waals surface area contributed by atoms with Crippen molar-refractivity contribution in [3.8, 4) is 0 Å². The van der Waals surface area contributed by atoms with Gasteiger partial charge in [-0.05, 0) is 6.08 Å². The van der Waals surface area contributed by atoms with Gasteiger partial charge in [-0.25, -0.2) is 13.6 Å². The molecule has 1 aliphatic rings. The molecular formula is C6H8ClNO2S. The molecule has 62 valence electrons. The highest BCUT2D eigenvalue weighted by Crippen LogP contribution is 2.29. The minimum Gasteiger partial charge on any atom is -0.227 e. The van der Waals surface area contributed by atoms with E-state index in [4.69, 9.17) is 16.7 Å². The van der Waals surface area contributed by atoms with Gasteiger partial charge in [0, 0.05) is 6.42 Å². The number of sulfonamides is 1. The molecule has 1 atom stereocenters. The second-order valence-electron chi connectivity index (χ2n) is 2.32. The number of allylic oxidation sites excluding steroid dienone is 3. The van der Waals surface area contributed by atoms with Gasteiger partial charge in [0.05, 0.1) is 0 Å². The smallest absolute Gasteiger partial charge is 0.227 e. The molecule has 1 rings (SSSR count). The van der Waals surface area contributed by atoms with Gasteiger partial charge in [-0.3, -0.25) is 0 Å². The molecule has 0 amide bonds. The van der Waals surface area contributed by atoms with E-state index in [-0.39, 0.29) is 6.42 Å². The monoisotopic (exact) mass is 193 g/mol. The molecule has 1 aliphatic carbocycles. The number of nitrogens with two attached hydrogens (primary N) is 1. The summed E-state index contributed by atoms with van der Waals surface area (Å²) in [4.78, 5) is 0.